The summed E-state index contributed by atoms with van der Waals surface area (Å²) in [6.07, 6.45) is 1.20. The zero-order valence-corrected chi connectivity index (χ0v) is 12.6. The molecule has 0 spiro atoms. The molecule has 17 heavy (non-hydrogen) atoms. The van der Waals surface area contributed by atoms with E-state index in [-0.39, 0.29) is 0 Å². The van der Waals surface area contributed by atoms with E-state index in [4.69, 9.17) is 5.73 Å². The first kappa shape index (κ1) is 13.0. The lowest BCUT2D eigenvalue weighted by atomic mass is 10.2. The number of nitrogen functional groups attached to an aromatic ring is 1. The van der Waals surface area contributed by atoms with Gasteiger partial charge in [-0.25, -0.2) is 0 Å². The molecule has 0 amide bonds. The molecule has 0 aromatic heterocycles. The van der Waals surface area contributed by atoms with Crippen LogP contribution in [0.4, 0.5) is 11.4 Å². The minimum absolute atomic E-state index is 0.518. The second-order valence-corrected chi connectivity index (χ2v) is 6.11. The van der Waals surface area contributed by atoms with Crippen molar-refractivity contribution >= 4 is 34.0 Å². The van der Waals surface area contributed by atoms with Crippen LogP contribution in [0.3, 0.4) is 0 Å². The maximum atomic E-state index is 6.14. The van der Waals surface area contributed by atoms with Crippen molar-refractivity contribution in [2.75, 3.05) is 37.3 Å². The van der Waals surface area contributed by atoms with Gasteiger partial charge in [-0.1, -0.05) is 0 Å². The molecular formula is C13H20IN3. The van der Waals surface area contributed by atoms with Crippen molar-refractivity contribution in [3.8, 4) is 0 Å². The Kier molecular flexibility index (Phi) is 4.14. The number of rotatable bonds is 1. The van der Waals surface area contributed by atoms with E-state index in [1.165, 1.54) is 22.2 Å². The van der Waals surface area contributed by atoms with Crippen molar-refractivity contribution in [2.45, 2.75) is 19.4 Å². The van der Waals surface area contributed by atoms with Gasteiger partial charge in [0.25, 0.3) is 0 Å². The number of likely N-dealkylation sites (N-methyl/N-ethyl adjacent to an activating group) is 1. The van der Waals surface area contributed by atoms with E-state index in [0.717, 1.165) is 18.8 Å². The van der Waals surface area contributed by atoms with Gasteiger partial charge >= 0.3 is 0 Å². The summed E-state index contributed by atoms with van der Waals surface area (Å²) in [6, 6.07) is 6.86. The van der Waals surface area contributed by atoms with Gasteiger partial charge in [0.15, 0.2) is 0 Å². The monoisotopic (exact) mass is 345 g/mol. The molecule has 2 N–H and O–H groups in total. The summed E-state index contributed by atoms with van der Waals surface area (Å²) < 4.78 is 1.20. The van der Waals surface area contributed by atoms with Crippen molar-refractivity contribution in [3.63, 3.8) is 0 Å². The summed E-state index contributed by atoms with van der Waals surface area (Å²) >= 11 is 2.30. The predicted molar refractivity (Wildman–Crippen MR) is 82.5 cm³/mol. The van der Waals surface area contributed by atoms with Gasteiger partial charge in [-0.05, 0) is 67.7 Å². The zero-order chi connectivity index (χ0) is 12.4. The molecule has 1 aromatic rings. The fraction of sp³-hybridized carbons (Fsp3) is 0.538. The lowest BCUT2D eigenvalue weighted by Gasteiger charge is -2.31. The Morgan fingerprint density at radius 2 is 2.12 bits per heavy atom. The van der Waals surface area contributed by atoms with Gasteiger partial charge in [0.05, 0.1) is 11.4 Å². The molecule has 1 aliphatic heterocycles. The number of nitrogens with two attached hydrogens (primary N) is 1. The molecule has 1 unspecified atom stereocenters. The standard InChI is InChI=1S/C13H20IN3/c1-10-9-16(2)6-3-7-17(10)13-5-4-11(14)8-12(13)15/h4-5,8,10H,3,6-7,9,15H2,1-2H3. The maximum Gasteiger partial charge on any atom is 0.0603 e. The Morgan fingerprint density at radius 3 is 2.82 bits per heavy atom. The van der Waals surface area contributed by atoms with E-state index in [1.807, 2.05) is 0 Å². The summed E-state index contributed by atoms with van der Waals surface area (Å²) in [4.78, 5) is 4.84. The van der Waals surface area contributed by atoms with Crippen molar-refractivity contribution < 1.29 is 0 Å². The molecule has 4 heteroatoms. The fourth-order valence-electron chi connectivity index (χ4n) is 2.52. The van der Waals surface area contributed by atoms with E-state index >= 15 is 0 Å². The first-order valence-electron chi connectivity index (χ1n) is 6.08. The summed E-state index contributed by atoms with van der Waals surface area (Å²) in [7, 11) is 2.19. The predicted octanol–water partition coefficient (Wildman–Crippen LogP) is 2.40. The van der Waals surface area contributed by atoms with E-state index < -0.39 is 0 Å². The van der Waals surface area contributed by atoms with Crippen LogP contribution < -0.4 is 10.6 Å². The van der Waals surface area contributed by atoms with Crippen LogP contribution in [0.15, 0.2) is 18.2 Å². The zero-order valence-electron chi connectivity index (χ0n) is 10.5. The number of hydrogen-bond acceptors (Lipinski definition) is 3. The SMILES string of the molecule is CC1CN(C)CCCN1c1ccc(I)cc1N. The summed E-state index contributed by atoms with van der Waals surface area (Å²) in [6.45, 7) is 5.64. The minimum atomic E-state index is 0.518. The summed E-state index contributed by atoms with van der Waals surface area (Å²) in [5.74, 6) is 0. The molecule has 1 fully saturated rings. The van der Waals surface area contributed by atoms with Crippen LogP contribution in [0.5, 0.6) is 0 Å². The van der Waals surface area contributed by atoms with Gasteiger partial charge in [0.2, 0.25) is 0 Å². The molecule has 0 aliphatic carbocycles. The Balaban J connectivity index is 2.25. The Hall–Kier alpha value is -0.490. The Bertz CT molecular complexity index is 394. The lowest BCUT2D eigenvalue weighted by molar-refractivity contribution is 0.337. The van der Waals surface area contributed by atoms with E-state index in [9.17, 15) is 0 Å². The van der Waals surface area contributed by atoms with Gasteiger partial charge < -0.3 is 15.5 Å². The molecular weight excluding hydrogens is 325 g/mol. The molecule has 1 aliphatic rings. The topological polar surface area (TPSA) is 32.5 Å². The first-order chi connectivity index (χ1) is 8.08. The van der Waals surface area contributed by atoms with Crippen molar-refractivity contribution in [1.82, 2.24) is 4.90 Å². The van der Waals surface area contributed by atoms with Gasteiger partial charge in [0, 0.05) is 22.7 Å². The average molecular weight is 345 g/mol. The molecule has 2 rings (SSSR count). The number of benzene rings is 1. The highest BCUT2D eigenvalue weighted by Crippen LogP contribution is 2.28. The largest absolute Gasteiger partial charge is 0.397 e. The van der Waals surface area contributed by atoms with Crippen molar-refractivity contribution in [2.24, 2.45) is 0 Å². The number of hydrogen-bond donors (Lipinski definition) is 1. The van der Waals surface area contributed by atoms with Crippen LogP contribution in [0.1, 0.15) is 13.3 Å². The molecule has 0 radical (unpaired) electrons. The van der Waals surface area contributed by atoms with Gasteiger partial charge in [-0.3, -0.25) is 0 Å². The quantitative estimate of drug-likeness (QED) is 0.627. The normalized spacial score (nSPS) is 22.5. The van der Waals surface area contributed by atoms with Gasteiger partial charge in [-0.2, -0.15) is 0 Å². The molecule has 1 heterocycles. The third-order valence-electron chi connectivity index (χ3n) is 3.35. The second kappa shape index (κ2) is 5.44. The molecule has 1 saturated heterocycles. The maximum absolute atomic E-state index is 6.14. The molecule has 1 atom stereocenters. The third-order valence-corrected chi connectivity index (χ3v) is 4.02. The number of nitrogens with zero attached hydrogens (tertiary/aromatic N) is 2. The molecule has 94 valence electrons. The summed E-state index contributed by atoms with van der Waals surface area (Å²) in [5, 5.41) is 0. The second-order valence-electron chi connectivity index (χ2n) is 4.86. The number of halogens is 1. The van der Waals surface area contributed by atoms with E-state index in [0.29, 0.717) is 6.04 Å². The average Bonchev–Trinajstić information content (AvgIpc) is 2.40. The van der Waals surface area contributed by atoms with E-state index in [2.05, 4.69) is 64.6 Å². The van der Waals surface area contributed by atoms with Crippen molar-refractivity contribution in [3.05, 3.63) is 21.8 Å². The van der Waals surface area contributed by atoms with Crippen LogP contribution in [0.25, 0.3) is 0 Å². The van der Waals surface area contributed by atoms with Crippen molar-refractivity contribution in [1.29, 1.82) is 0 Å². The Morgan fingerprint density at radius 1 is 1.35 bits per heavy atom. The van der Waals surface area contributed by atoms with Crippen LogP contribution >= 0.6 is 22.6 Å². The lowest BCUT2D eigenvalue weighted by Crippen LogP contribution is -2.38. The fourth-order valence-corrected chi connectivity index (χ4v) is 3.03. The Labute approximate surface area is 117 Å². The number of anilines is 2. The highest BCUT2D eigenvalue weighted by atomic mass is 127. The minimum Gasteiger partial charge on any atom is -0.397 e. The van der Waals surface area contributed by atoms with Crippen LogP contribution in [-0.2, 0) is 0 Å². The first-order valence-corrected chi connectivity index (χ1v) is 7.16. The third kappa shape index (κ3) is 3.04. The van der Waals surface area contributed by atoms with Crippen LogP contribution in [-0.4, -0.2) is 37.6 Å². The van der Waals surface area contributed by atoms with Gasteiger partial charge in [-0.15, -0.1) is 0 Å². The molecule has 0 saturated carbocycles. The highest BCUT2D eigenvalue weighted by Gasteiger charge is 2.21. The highest BCUT2D eigenvalue weighted by molar-refractivity contribution is 14.1. The molecule has 0 bridgehead atoms. The van der Waals surface area contributed by atoms with Crippen LogP contribution in [0, 0.1) is 3.57 Å². The van der Waals surface area contributed by atoms with Gasteiger partial charge in [0.1, 0.15) is 0 Å². The molecule has 1 aromatic carbocycles. The molecule has 3 nitrogen and oxygen atoms in total. The smallest absolute Gasteiger partial charge is 0.0603 e. The van der Waals surface area contributed by atoms with E-state index in [1.54, 1.807) is 0 Å². The summed E-state index contributed by atoms with van der Waals surface area (Å²) in [5.41, 5.74) is 8.22. The van der Waals surface area contributed by atoms with Crippen LogP contribution in [0.2, 0.25) is 0 Å².